The molecule has 7 amide bonds. The van der Waals surface area contributed by atoms with Crippen LogP contribution in [0.5, 0.6) is 5.75 Å². The Morgan fingerprint density at radius 1 is 0.849 bits per heavy atom. The summed E-state index contributed by atoms with van der Waals surface area (Å²) >= 11 is 0. The molecule has 73 heavy (non-hydrogen) atoms. The molecule has 4 aliphatic heterocycles. The van der Waals surface area contributed by atoms with Crippen LogP contribution in [0.25, 0.3) is 11.1 Å². The molecule has 0 bridgehead atoms. The molecule has 0 aliphatic carbocycles. The van der Waals surface area contributed by atoms with Crippen molar-refractivity contribution in [2.45, 2.75) is 85.0 Å². The molecule has 8 rings (SSSR count). The summed E-state index contributed by atoms with van der Waals surface area (Å²) in [5.74, 6) is -3.21. The molecule has 3 saturated heterocycles. The highest BCUT2D eigenvalue weighted by Gasteiger charge is 2.46. The third kappa shape index (κ3) is 12.2. The van der Waals surface area contributed by atoms with Gasteiger partial charge in [0.15, 0.2) is 0 Å². The average Bonchev–Trinajstić information content (AvgIpc) is 3.63. The summed E-state index contributed by atoms with van der Waals surface area (Å²) in [5, 5.41) is 7.94. The highest BCUT2D eigenvalue weighted by Crippen LogP contribution is 2.36. The maximum Gasteiger partial charge on any atom is 0.266 e. The fourth-order valence-corrected chi connectivity index (χ4v) is 10.1. The standard InChI is InChI=1S/C54H64N8O11/c1-5-61(44-28-38(37-12-10-36(11-13-37)30-59-21-24-71-25-22-59)27-41(35(44)4)50(66)56-29-42-33(2)26-34(3)57-51(42)67)39-16-19-60(20-17-39)48(65)32-72-31-47(64)55-18-7-23-73-45-9-6-8-40-49(45)54(70)62(53(40)69)43-14-15-46(63)58-52(43)68/h6,8-13,26-28,39,43H,5,7,14-25,29-32H2,1-4H3,(H,55,64)(H,56,66)(H,57,67)(H,58,63,68). The van der Waals surface area contributed by atoms with Crippen molar-refractivity contribution in [3.05, 3.63) is 116 Å². The van der Waals surface area contributed by atoms with Crippen molar-refractivity contribution in [3.8, 4) is 16.9 Å². The number of H-pyrrole nitrogens is 1. The molecule has 1 unspecified atom stereocenters. The minimum atomic E-state index is -1.09. The van der Waals surface area contributed by atoms with E-state index < -0.39 is 35.6 Å². The first-order valence-electron chi connectivity index (χ1n) is 25.1. The second kappa shape index (κ2) is 23.6. The molecule has 0 radical (unpaired) electrons. The van der Waals surface area contributed by atoms with E-state index in [0.717, 1.165) is 71.4 Å². The van der Waals surface area contributed by atoms with Gasteiger partial charge in [0.05, 0.1) is 30.9 Å². The normalized spacial score (nSPS) is 17.3. The van der Waals surface area contributed by atoms with Crippen LogP contribution < -0.4 is 31.1 Å². The third-order valence-corrected chi connectivity index (χ3v) is 14.0. The molecule has 19 heteroatoms. The molecule has 1 aromatic heterocycles. The number of anilines is 1. The molecule has 1 atom stereocenters. The van der Waals surface area contributed by atoms with Gasteiger partial charge in [0.25, 0.3) is 23.3 Å². The van der Waals surface area contributed by atoms with Gasteiger partial charge in [-0.25, -0.2) is 0 Å². The largest absolute Gasteiger partial charge is 0.493 e. The lowest BCUT2D eigenvalue weighted by molar-refractivity contribution is -0.139. The minimum absolute atomic E-state index is 0.0118. The number of aromatic nitrogens is 1. The molecular weight excluding hydrogens is 937 g/mol. The van der Waals surface area contributed by atoms with Gasteiger partial charge in [-0.15, -0.1) is 0 Å². The van der Waals surface area contributed by atoms with Gasteiger partial charge < -0.3 is 39.6 Å². The van der Waals surface area contributed by atoms with Gasteiger partial charge in [0.1, 0.15) is 25.0 Å². The molecule has 5 heterocycles. The monoisotopic (exact) mass is 1000 g/mol. The maximum absolute atomic E-state index is 14.1. The number of imide groups is 2. The van der Waals surface area contributed by atoms with Crippen molar-refractivity contribution in [1.82, 2.24) is 35.6 Å². The Morgan fingerprint density at radius 3 is 2.32 bits per heavy atom. The third-order valence-electron chi connectivity index (χ3n) is 14.0. The number of hydrogen-bond acceptors (Lipinski definition) is 13. The van der Waals surface area contributed by atoms with Gasteiger partial charge >= 0.3 is 0 Å². The molecular formula is C54H64N8O11. The van der Waals surface area contributed by atoms with Crippen LogP contribution in [0.15, 0.2) is 65.5 Å². The van der Waals surface area contributed by atoms with Crippen LogP contribution >= 0.6 is 0 Å². The van der Waals surface area contributed by atoms with Gasteiger partial charge in [-0.05, 0) is 112 Å². The molecule has 4 aliphatic rings. The molecule has 3 aromatic carbocycles. The molecule has 19 nitrogen and oxygen atoms in total. The van der Waals surface area contributed by atoms with E-state index >= 15 is 0 Å². The van der Waals surface area contributed by atoms with Crippen molar-refractivity contribution in [1.29, 1.82) is 0 Å². The van der Waals surface area contributed by atoms with Crippen molar-refractivity contribution in [3.63, 3.8) is 0 Å². The number of nitrogens with one attached hydrogen (secondary N) is 4. The fraction of sp³-hybridized carbons (Fsp3) is 0.444. The van der Waals surface area contributed by atoms with E-state index in [1.54, 1.807) is 17.0 Å². The minimum Gasteiger partial charge on any atom is -0.493 e. The zero-order chi connectivity index (χ0) is 51.8. The number of carbonyl (C=O) groups excluding carboxylic acids is 7. The Balaban J connectivity index is 0.828. The van der Waals surface area contributed by atoms with Gasteiger partial charge in [-0.3, -0.25) is 53.5 Å². The Bertz CT molecular complexity index is 2820. The first-order chi connectivity index (χ1) is 35.2. The number of hydrogen-bond donors (Lipinski definition) is 4. The van der Waals surface area contributed by atoms with Crippen LogP contribution in [0.1, 0.15) is 98.0 Å². The van der Waals surface area contributed by atoms with Crippen molar-refractivity contribution in [2.75, 3.05) is 77.2 Å². The van der Waals surface area contributed by atoms with Gasteiger partial charge in [-0.1, -0.05) is 30.3 Å². The zero-order valence-electron chi connectivity index (χ0n) is 41.9. The molecule has 3 fully saturated rings. The van der Waals surface area contributed by atoms with Crippen LogP contribution in [-0.2, 0) is 41.7 Å². The number of amides is 7. The lowest BCUT2D eigenvalue weighted by atomic mass is 9.94. The van der Waals surface area contributed by atoms with Crippen molar-refractivity contribution >= 4 is 47.0 Å². The molecule has 0 spiro atoms. The number of benzene rings is 3. The molecule has 4 aromatic rings. The number of likely N-dealkylation sites (tertiary alicyclic amines) is 1. The smallest absolute Gasteiger partial charge is 0.266 e. The highest BCUT2D eigenvalue weighted by molar-refractivity contribution is 6.24. The number of nitrogens with zero attached hydrogens (tertiary/aromatic N) is 4. The van der Waals surface area contributed by atoms with Crippen LogP contribution in [-0.4, -0.2) is 145 Å². The highest BCUT2D eigenvalue weighted by atomic mass is 16.5. The summed E-state index contributed by atoms with van der Waals surface area (Å²) < 4.78 is 16.9. The van der Waals surface area contributed by atoms with E-state index in [2.05, 4.69) is 68.0 Å². The SMILES string of the molecule is CCN(c1cc(-c2ccc(CN3CCOCC3)cc2)cc(C(=O)NCc2c(C)cc(C)[nH]c2=O)c1C)C1CCN(C(=O)COCC(=O)NCCCOc2cccc3c2C(=O)N(C2CCC(=O)NC2=O)C3=O)CC1. The number of morpholine rings is 1. The Morgan fingerprint density at radius 2 is 1.60 bits per heavy atom. The topological polar surface area (TPSA) is 229 Å². The quantitative estimate of drug-likeness (QED) is 0.0780. The summed E-state index contributed by atoms with van der Waals surface area (Å²) in [5.41, 5.74) is 7.29. The molecule has 0 saturated carbocycles. The summed E-state index contributed by atoms with van der Waals surface area (Å²) in [6.45, 7) is 13.2. The number of fused-ring (bicyclic) bond motifs is 1. The predicted octanol–water partition coefficient (Wildman–Crippen LogP) is 3.55. The van der Waals surface area contributed by atoms with E-state index in [0.29, 0.717) is 50.0 Å². The van der Waals surface area contributed by atoms with Crippen molar-refractivity contribution in [2.24, 2.45) is 0 Å². The number of pyridine rings is 1. The maximum atomic E-state index is 14.1. The number of piperidine rings is 2. The van der Waals surface area contributed by atoms with E-state index in [4.69, 9.17) is 14.2 Å². The second-order valence-electron chi connectivity index (χ2n) is 18.9. The lowest BCUT2D eigenvalue weighted by Crippen LogP contribution is -2.54. The van der Waals surface area contributed by atoms with Crippen LogP contribution in [0, 0.1) is 20.8 Å². The van der Waals surface area contributed by atoms with Gasteiger partial charge in [0, 0.05) is 87.3 Å². The number of carbonyl (C=O) groups is 7. The van der Waals surface area contributed by atoms with E-state index in [1.165, 1.54) is 11.6 Å². The fourth-order valence-electron chi connectivity index (χ4n) is 10.1. The predicted molar refractivity (Wildman–Crippen MR) is 270 cm³/mol. The summed E-state index contributed by atoms with van der Waals surface area (Å²) in [7, 11) is 0. The van der Waals surface area contributed by atoms with E-state index in [9.17, 15) is 38.4 Å². The van der Waals surface area contributed by atoms with Crippen LogP contribution in [0.2, 0.25) is 0 Å². The van der Waals surface area contributed by atoms with Gasteiger partial charge in [-0.2, -0.15) is 0 Å². The molecule has 4 N–H and O–H groups in total. The van der Waals surface area contributed by atoms with Crippen LogP contribution in [0.3, 0.4) is 0 Å². The lowest BCUT2D eigenvalue weighted by Gasteiger charge is -2.40. The summed E-state index contributed by atoms with van der Waals surface area (Å²) in [6.07, 6.45) is 1.76. The van der Waals surface area contributed by atoms with Gasteiger partial charge in [0.2, 0.25) is 23.6 Å². The number of aromatic amines is 1. The Labute approximate surface area is 423 Å². The second-order valence-corrected chi connectivity index (χ2v) is 18.9. The van der Waals surface area contributed by atoms with E-state index in [-0.39, 0.29) is 86.0 Å². The number of rotatable bonds is 19. The molecule has 386 valence electrons. The zero-order valence-corrected chi connectivity index (χ0v) is 41.9. The van der Waals surface area contributed by atoms with E-state index in [1.807, 2.05) is 32.9 Å². The summed E-state index contributed by atoms with van der Waals surface area (Å²) in [6, 6.07) is 18.0. The number of ether oxygens (including phenoxy) is 3. The Hall–Kier alpha value is -7.22. The van der Waals surface area contributed by atoms with Crippen LogP contribution in [0.4, 0.5) is 5.69 Å². The first kappa shape index (κ1) is 52.1. The van der Waals surface area contributed by atoms with Crippen molar-refractivity contribution < 1.29 is 47.8 Å². The first-order valence-corrected chi connectivity index (χ1v) is 25.1. The average molecular weight is 1000 g/mol. The Kier molecular flexibility index (Phi) is 16.8. The summed E-state index contributed by atoms with van der Waals surface area (Å²) in [4.78, 5) is 114. The number of aryl methyl sites for hydroxylation is 2.